The lowest BCUT2D eigenvalue weighted by Crippen LogP contribution is -2.11. The van der Waals surface area contributed by atoms with Crippen molar-refractivity contribution in [2.45, 2.75) is 79.1 Å². The van der Waals surface area contributed by atoms with Crippen LogP contribution in [0.2, 0.25) is 0 Å². The summed E-state index contributed by atoms with van der Waals surface area (Å²) in [6, 6.07) is 42.5. The number of carbonyl (C=O) groups is 2. The summed E-state index contributed by atoms with van der Waals surface area (Å²) in [5, 5.41) is 0. The molecule has 6 nitrogen and oxygen atoms in total. The molecule has 2 atom stereocenters. The van der Waals surface area contributed by atoms with Crippen LogP contribution >= 0.6 is 0 Å². The SMILES string of the molecule is CCCCC(CC)COc1ccc(C(=O)c2ccc(-c3ccc(-c4ccc(-c5ccc(C(=O)c6ccc(OCC(CC)CCCC)cc6)cc5)c(OC)c4)cc3OC)cc2)cc1. The molecule has 62 heavy (non-hydrogen) atoms. The Morgan fingerprint density at radius 2 is 0.758 bits per heavy atom. The Balaban J connectivity index is 1.09. The second-order valence-electron chi connectivity index (χ2n) is 16.1. The van der Waals surface area contributed by atoms with Gasteiger partial charge in [-0.1, -0.05) is 139 Å². The summed E-state index contributed by atoms with van der Waals surface area (Å²) < 4.78 is 23.9. The van der Waals surface area contributed by atoms with Crippen molar-refractivity contribution in [3.05, 3.63) is 156 Å². The number of benzene rings is 6. The van der Waals surface area contributed by atoms with Crippen molar-refractivity contribution in [3.63, 3.8) is 0 Å². The van der Waals surface area contributed by atoms with Crippen molar-refractivity contribution in [2.75, 3.05) is 27.4 Å². The minimum absolute atomic E-state index is 0.0354. The standard InChI is InChI=1S/C56H62O6/c1-7-11-13-39(9-3)37-61-49-29-23-45(24-30-49)55(57)43-19-15-41(16-20-43)51-33-27-47(35-53(51)59-5)48-28-34-52(54(36-48)60-6)42-17-21-44(22-18-42)56(58)46-25-31-50(32-26-46)62-38-40(10-4)14-12-8-2/h15-36,39-40H,7-14,37-38H2,1-6H3. The maximum Gasteiger partial charge on any atom is 0.193 e. The number of ketones is 2. The summed E-state index contributed by atoms with van der Waals surface area (Å²) in [4.78, 5) is 26.8. The van der Waals surface area contributed by atoms with Crippen molar-refractivity contribution in [3.8, 4) is 56.4 Å². The molecule has 6 aromatic rings. The second kappa shape index (κ2) is 22.6. The fraction of sp³-hybridized carbons (Fsp3) is 0.321. The first-order valence-corrected chi connectivity index (χ1v) is 22.4. The van der Waals surface area contributed by atoms with Crippen molar-refractivity contribution in [2.24, 2.45) is 11.8 Å². The molecule has 0 fully saturated rings. The van der Waals surface area contributed by atoms with E-state index in [2.05, 4.69) is 39.8 Å². The smallest absolute Gasteiger partial charge is 0.193 e. The summed E-state index contributed by atoms with van der Waals surface area (Å²) in [5.41, 5.74) is 8.16. The van der Waals surface area contributed by atoms with E-state index < -0.39 is 0 Å². The highest BCUT2D eigenvalue weighted by atomic mass is 16.5. The molecule has 322 valence electrons. The van der Waals surface area contributed by atoms with E-state index in [0.717, 1.165) is 69.2 Å². The molecule has 0 amide bonds. The molecule has 0 aliphatic rings. The van der Waals surface area contributed by atoms with E-state index in [9.17, 15) is 9.59 Å². The summed E-state index contributed by atoms with van der Waals surface area (Å²) in [5.74, 6) is 4.04. The van der Waals surface area contributed by atoms with E-state index in [0.29, 0.717) is 47.3 Å². The van der Waals surface area contributed by atoms with Gasteiger partial charge in [0.05, 0.1) is 27.4 Å². The normalized spacial score (nSPS) is 12.0. The summed E-state index contributed by atoms with van der Waals surface area (Å²) in [7, 11) is 3.34. The molecular formula is C56H62O6. The van der Waals surface area contributed by atoms with Crippen LogP contribution in [0, 0.1) is 11.8 Å². The fourth-order valence-electron chi connectivity index (χ4n) is 7.78. The van der Waals surface area contributed by atoms with Gasteiger partial charge >= 0.3 is 0 Å². The van der Waals surface area contributed by atoms with Crippen LogP contribution in [0.5, 0.6) is 23.0 Å². The zero-order valence-corrected chi connectivity index (χ0v) is 37.4. The lowest BCUT2D eigenvalue weighted by molar-refractivity contribution is 0.103. The lowest BCUT2D eigenvalue weighted by atomic mass is 9.95. The maximum absolute atomic E-state index is 13.4. The van der Waals surface area contributed by atoms with Gasteiger partial charge in [0.25, 0.3) is 0 Å². The number of hydrogen-bond acceptors (Lipinski definition) is 6. The average molecular weight is 831 g/mol. The van der Waals surface area contributed by atoms with Gasteiger partial charge < -0.3 is 18.9 Å². The molecule has 0 spiro atoms. The minimum Gasteiger partial charge on any atom is -0.496 e. The molecule has 6 aromatic carbocycles. The predicted octanol–water partition coefficient (Wildman–Crippen LogP) is 14.4. The third-order valence-electron chi connectivity index (χ3n) is 11.9. The summed E-state index contributed by atoms with van der Waals surface area (Å²) in [6.07, 6.45) is 9.37. The first-order valence-electron chi connectivity index (χ1n) is 22.4. The van der Waals surface area contributed by atoms with E-state index in [1.807, 2.05) is 121 Å². The van der Waals surface area contributed by atoms with E-state index in [1.165, 1.54) is 38.5 Å². The molecule has 6 rings (SSSR count). The van der Waals surface area contributed by atoms with Crippen LogP contribution in [0.25, 0.3) is 33.4 Å². The topological polar surface area (TPSA) is 71.1 Å². The molecule has 0 aromatic heterocycles. The monoisotopic (exact) mass is 830 g/mol. The Kier molecular flexibility index (Phi) is 16.6. The fourth-order valence-corrected chi connectivity index (χ4v) is 7.78. The van der Waals surface area contributed by atoms with E-state index in [4.69, 9.17) is 18.9 Å². The van der Waals surface area contributed by atoms with Crippen LogP contribution in [0.4, 0.5) is 0 Å². The van der Waals surface area contributed by atoms with E-state index in [-0.39, 0.29) is 11.6 Å². The molecule has 0 N–H and O–H groups in total. The van der Waals surface area contributed by atoms with Gasteiger partial charge in [-0.15, -0.1) is 0 Å². The maximum atomic E-state index is 13.4. The Morgan fingerprint density at radius 3 is 1.06 bits per heavy atom. The van der Waals surface area contributed by atoms with Crippen LogP contribution in [0.1, 0.15) is 111 Å². The molecule has 2 unspecified atom stereocenters. The van der Waals surface area contributed by atoms with Gasteiger partial charge in [0.1, 0.15) is 23.0 Å². The van der Waals surface area contributed by atoms with Crippen LogP contribution < -0.4 is 18.9 Å². The highest BCUT2D eigenvalue weighted by molar-refractivity contribution is 6.10. The second-order valence-corrected chi connectivity index (χ2v) is 16.1. The van der Waals surface area contributed by atoms with E-state index >= 15 is 0 Å². The zero-order valence-electron chi connectivity index (χ0n) is 37.4. The number of hydrogen-bond donors (Lipinski definition) is 0. The van der Waals surface area contributed by atoms with Crippen LogP contribution in [-0.4, -0.2) is 39.0 Å². The first kappa shape index (κ1) is 45.4. The molecule has 0 aliphatic carbocycles. The zero-order chi connectivity index (χ0) is 43.8. The molecule has 0 radical (unpaired) electrons. The number of unbranched alkanes of at least 4 members (excludes halogenated alkanes) is 2. The minimum atomic E-state index is -0.0354. The number of ether oxygens (including phenoxy) is 4. The molecule has 0 bridgehead atoms. The first-order chi connectivity index (χ1) is 30.3. The molecule has 0 aliphatic heterocycles. The average Bonchev–Trinajstić information content (AvgIpc) is 3.33. The summed E-state index contributed by atoms with van der Waals surface area (Å²) in [6.45, 7) is 10.2. The molecular weight excluding hydrogens is 769 g/mol. The largest absolute Gasteiger partial charge is 0.496 e. The third-order valence-corrected chi connectivity index (χ3v) is 11.9. The highest BCUT2D eigenvalue weighted by Gasteiger charge is 2.16. The van der Waals surface area contributed by atoms with Crippen molar-refractivity contribution >= 4 is 11.6 Å². The van der Waals surface area contributed by atoms with Gasteiger partial charge in [-0.25, -0.2) is 0 Å². The van der Waals surface area contributed by atoms with Crippen molar-refractivity contribution in [1.82, 2.24) is 0 Å². The van der Waals surface area contributed by atoms with E-state index in [1.54, 1.807) is 14.2 Å². The van der Waals surface area contributed by atoms with Crippen molar-refractivity contribution in [1.29, 1.82) is 0 Å². The van der Waals surface area contributed by atoms with Crippen molar-refractivity contribution < 1.29 is 28.5 Å². The van der Waals surface area contributed by atoms with Gasteiger partial charge in [0, 0.05) is 33.4 Å². The Bertz CT molecular complexity index is 2180. The number of rotatable bonds is 23. The van der Waals surface area contributed by atoms with Gasteiger partial charge in [-0.05, 0) is 108 Å². The van der Waals surface area contributed by atoms with Gasteiger partial charge in [0.2, 0.25) is 0 Å². The Morgan fingerprint density at radius 1 is 0.435 bits per heavy atom. The van der Waals surface area contributed by atoms with Gasteiger partial charge in [0.15, 0.2) is 11.6 Å². The number of carbonyl (C=O) groups excluding carboxylic acids is 2. The van der Waals surface area contributed by atoms with Gasteiger partial charge in [-0.2, -0.15) is 0 Å². The molecule has 0 saturated heterocycles. The molecule has 0 heterocycles. The molecule has 0 saturated carbocycles. The Hall–Kier alpha value is -6.14. The third kappa shape index (κ3) is 11.6. The quantitative estimate of drug-likeness (QED) is 0.0599. The van der Waals surface area contributed by atoms with Crippen LogP contribution in [-0.2, 0) is 0 Å². The highest BCUT2D eigenvalue weighted by Crippen LogP contribution is 2.38. The van der Waals surface area contributed by atoms with Crippen LogP contribution in [0.3, 0.4) is 0 Å². The summed E-state index contributed by atoms with van der Waals surface area (Å²) >= 11 is 0. The van der Waals surface area contributed by atoms with Gasteiger partial charge in [-0.3, -0.25) is 9.59 Å². The van der Waals surface area contributed by atoms with Crippen LogP contribution in [0.15, 0.2) is 133 Å². The molecule has 6 heteroatoms. The Labute approximate surface area is 369 Å². The lowest BCUT2D eigenvalue weighted by Gasteiger charge is -2.15. The predicted molar refractivity (Wildman–Crippen MR) is 253 cm³/mol. The number of methoxy groups -OCH3 is 2.